The average Bonchev–Trinajstić information content (AvgIpc) is 2.19. The van der Waals surface area contributed by atoms with Gasteiger partial charge in [0, 0.05) is 16.0 Å². The molecule has 0 N–H and O–H groups in total. The molecule has 0 radical (unpaired) electrons. The summed E-state index contributed by atoms with van der Waals surface area (Å²) in [5, 5.41) is 0. The van der Waals surface area contributed by atoms with E-state index in [1.807, 2.05) is 18.2 Å². The maximum absolute atomic E-state index is 11.3. The average molecular weight is 319 g/mol. The van der Waals surface area contributed by atoms with Crippen molar-refractivity contribution in [3.8, 4) is 0 Å². The molecule has 1 aromatic carbocycles. The molecule has 1 aromatic rings. The largest absolute Gasteiger partial charge is 0.311 e. The summed E-state index contributed by atoms with van der Waals surface area (Å²) in [5.41, 5.74) is 0.810. The van der Waals surface area contributed by atoms with E-state index in [0.717, 1.165) is 14.6 Å². The number of rotatable bonds is 2. The molecule has 0 atom stereocenters. The predicted molar refractivity (Wildman–Crippen MR) is 65.4 cm³/mol. The molecule has 0 aliphatic heterocycles. The first-order valence-corrected chi connectivity index (χ1v) is 5.50. The number of likely N-dealkylation sites (N-methyl/N-ethyl adjacent to an activating group) is 1. The maximum atomic E-state index is 11.3. The van der Waals surface area contributed by atoms with Gasteiger partial charge in [0.05, 0.1) is 5.69 Å². The van der Waals surface area contributed by atoms with Gasteiger partial charge in [-0.2, -0.15) is 0 Å². The Hall–Kier alpha value is -0.610. The fourth-order valence-electron chi connectivity index (χ4n) is 0.999. The molecule has 0 fully saturated rings. The van der Waals surface area contributed by atoms with Gasteiger partial charge in [-0.25, -0.2) is 0 Å². The highest BCUT2D eigenvalue weighted by Gasteiger charge is 2.10. The Morgan fingerprint density at radius 2 is 2.14 bits per heavy atom. The van der Waals surface area contributed by atoms with Crippen molar-refractivity contribution in [3.05, 3.63) is 39.8 Å². The van der Waals surface area contributed by atoms with E-state index in [-0.39, 0.29) is 5.91 Å². The summed E-state index contributed by atoms with van der Waals surface area (Å²) in [5.74, 6) is -0.135. The molecule has 2 nitrogen and oxygen atoms in total. The number of hydrogen-bond acceptors (Lipinski definition) is 1. The highest BCUT2D eigenvalue weighted by atomic mass is 79.9. The Balaban J connectivity index is 3.11. The van der Waals surface area contributed by atoms with Crippen LogP contribution < -0.4 is 4.90 Å². The summed E-state index contributed by atoms with van der Waals surface area (Å²) in [7, 11) is 1.70. The van der Waals surface area contributed by atoms with Gasteiger partial charge in [0.2, 0.25) is 5.91 Å². The van der Waals surface area contributed by atoms with Crippen molar-refractivity contribution < 1.29 is 4.79 Å². The topological polar surface area (TPSA) is 20.3 Å². The number of carbonyl (C=O) groups excluding carboxylic acids is 1. The first-order chi connectivity index (χ1) is 6.56. The molecular formula is C10H9Br2NO. The van der Waals surface area contributed by atoms with Crippen LogP contribution in [-0.4, -0.2) is 13.0 Å². The molecule has 74 valence electrons. The van der Waals surface area contributed by atoms with Gasteiger partial charge in [-0.3, -0.25) is 4.79 Å². The van der Waals surface area contributed by atoms with Crippen LogP contribution in [0.1, 0.15) is 0 Å². The first-order valence-electron chi connectivity index (χ1n) is 3.91. The highest BCUT2D eigenvalue weighted by Crippen LogP contribution is 2.28. The van der Waals surface area contributed by atoms with E-state index >= 15 is 0 Å². The highest BCUT2D eigenvalue weighted by molar-refractivity contribution is 9.11. The van der Waals surface area contributed by atoms with Crippen molar-refractivity contribution in [2.75, 3.05) is 11.9 Å². The van der Waals surface area contributed by atoms with Crippen molar-refractivity contribution in [1.82, 2.24) is 0 Å². The third kappa shape index (κ3) is 2.45. The van der Waals surface area contributed by atoms with E-state index in [9.17, 15) is 4.79 Å². The quantitative estimate of drug-likeness (QED) is 0.766. The van der Waals surface area contributed by atoms with Crippen LogP contribution in [0, 0.1) is 0 Å². The van der Waals surface area contributed by atoms with Gasteiger partial charge in [0.25, 0.3) is 0 Å². The minimum Gasteiger partial charge on any atom is -0.311 e. The molecule has 0 bridgehead atoms. The van der Waals surface area contributed by atoms with Crippen LogP contribution in [0.2, 0.25) is 0 Å². The maximum Gasteiger partial charge on any atom is 0.250 e. The van der Waals surface area contributed by atoms with E-state index in [4.69, 9.17) is 0 Å². The van der Waals surface area contributed by atoms with Crippen molar-refractivity contribution in [2.45, 2.75) is 0 Å². The monoisotopic (exact) mass is 317 g/mol. The number of anilines is 1. The molecule has 0 aliphatic rings. The molecule has 0 saturated heterocycles. The van der Waals surface area contributed by atoms with E-state index in [0.29, 0.717) is 0 Å². The van der Waals surface area contributed by atoms with E-state index in [1.54, 1.807) is 7.05 Å². The fourth-order valence-corrected chi connectivity index (χ4v) is 1.86. The van der Waals surface area contributed by atoms with Crippen molar-refractivity contribution >= 4 is 43.5 Å². The van der Waals surface area contributed by atoms with Crippen LogP contribution in [0.25, 0.3) is 0 Å². The third-order valence-electron chi connectivity index (χ3n) is 1.77. The van der Waals surface area contributed by atoms with Crippen molar-refractivity contribution in [3.63, 3.8) is 0 Å². The van der Waals surface area contributed by atoms with Crippen molar-refractivity contribution in [1.29, 1.82) is 0 Å². The zero-order chi connectivity index (χ0) is 10.7. The number of halogens is 2. The minimum atomic E-state index is -0.135. The van der Waals surface area contributed by atoms with Gasteiger partial charge in [0.15, 0.2) is 0 Å². The summed E-state index contributed by atoms with van der Waals surface area (Å²) in [6, 6.07) is 5.65. The molecule has 0 spiro atoms. The van der Waals surface area contributed by atoms with Crippen LogP contribution in [0.15, 0.2) is 39.8 Å². The van der Waals surface area contributed by atoms with Gasteiger partial charge in [0.1, 0.15) is 0 Å². The smallest absolute Gasteiger partial charge is 0.250 e. The van der Waals surface area contributed by atoms with Gasteiger partial charge in [-0.15, -0.1) is 0 Å². The Morgan fingerprint density at radius 3 is 2.71 bits per heavy atom. The number of benzene rings is 1. The molecule has 4 heteroatoms. The third-order valence-corrected chi connectivity index (χ3v) is 2.94. The lowest BCUT2D eigenvalue weighted by Gasteiger charge is -2.17. The lowest BCUT2D eigenvalue weighted by atomic mass is 10.3. The lowest BCUT2D eigenvalue weighted by molar-refractivity contribution is -0.113. The van der Waals surface area contributed by atoms with Gasteiger partial charge in [-0.1, -0.05) is 22.5 Å². The summed E-state index contributed by atoms with van der Waals surface area (Å²) >= 11 is 6.73. The van der Waals surface area contributed by atoms with Crippen LogP contribution in [0.3, 0.4) is 0 Å². The minimum absolute atomic E-state index is 0.135. The molecule has 0 heterocycles. The summed E-state index contributed by atoms with van der Waals surface area (Å²) in [6.07, 6.45) is 1.29. The first kappa shape index (κ1) is 11.5. The van der Waals surface area contributed by atoms with Gasteiger partial charge in [-0.05, 0) is 40.2 Å². The summed E-state index contributed by atoms with van der Waals surface area (Å²) < 4.78 is 1.80. The fraction of sp³-hybridized carbons (Fsp3) is 0.100. The number of hydrogen-bond donors (Lipinski definition) is 0. The molecule has 1 rings (SSSR count). The molecular weight excluding hydrogens is 310 g/mol. The second-order valence-electron chi connectivity index (χ2n) is 2.70. The van der Waals surface area contributed by atoms with E-state index in [1.165, 1.54) is 11.0 Å². The number of nitrogens with zero attached hydrogens (tertiary/aromatic N) is 1. The van der Waals surface area contributed by atoms with Gasteiger partial charge < -0.3 is 4.90 Å². The summed E-state index contributed by atoms with van der Waals surface area (Å²) in [6.45, 7) is 3.44. The zero-order valence-electron chi connectivity index (χ0n) is 7.63. The predicted octanol–water partition coefficient (Wildman–Crippen LogP) is 3.36. The second kappa shape index (κ2) is 4.75. The standard InChI is InChI=1S/C10H9Br2NO/c1-3-10(14)13(2)9-6-7(11)4-5-8(9)12/h3-6H,1H2,2H3. The normalized spacial score (nSPS) is 9.64. The second-order valence-corrected chi connectivity index (χ2v) is 4.47. The Kier molecular flexibility index (Phi) is 3.89. The molecule has 0 aliphatic carbocycles. The molecule has 14 heavy (non-hydrogen) atoms. The lowest BCUT2D eigenvalue weighted by Crippen LogP contribution is -2.24. The number of amides is 1. The molecule has 0 aromatic heterocycles. The van der Waals surface area contributed by atoms with Crippen LogP contribution in [0.4, 0.5) is 5.69 Å². The molecule has 0 saturated carbocycles. The van der Waals surface area contributed by atoms with Crippen LogP contribution >= 0.6 is 31.9 Å². The van der Waals surface area contributed by atoms with E-state index < -0.39 is 0 Å². The summed E-state index contributed by atoms with van der Waals surface area (Å²) in [4.78, 5) is 12.9. The van der Waals surface area contributed by atoms with Crippen LogP contribution in [0.5, 0.6) is 0 Å². The SMILES string of the molecule is C=CC(=O)N(C)c1cc(Br)ccc1Br. The molecule has 0 unspecified atom stereocenters. The van der Waals surface area contributed by atoms with E-state index in [2.05, 4.69) is 38.4 Å². The number of carbonyl (C=O) groups is 1. The molecule has 1 amide bonds. The van der Waals surface area contributed by atoms with Crippen LogP contribution in [-0.2, 0) is 4.79 Å². The Morgan fingerprint density at radius 1 is 1.50 bits per heavy atom. The van der Waals surface area contributed by atoms with Crippen molar-refractivity contribution in [2.24, 2.45) is 0 Å². The Labute approximate surface area is 99.9 Å². The Bertz CT molecular complexity index is 376. The van der Waals surface area contributed by atoms with Gasteiger partial charge >= 0.3 is 0 Å². The zero-order valence-corrected chi connectivity index (χ0v) is 10.8.